The molecule has 3 aromatic rings. The van der Waals surface area contributed by atoms with Gasteiger partial charge >= 0.3 is 0 Å². The summed E-state index contributed by atoms with van der Waals surface area (Å²) in [6.45, 7) is 9.10. The summed E-state index contributed by atoms with van der Waals surface area (Å²) in [6, 6.07) is 6.25. The summed E-state index contributed by atoms with van der Waals surface area (Å²) < 4.78 is 1.91. The van der Waals surface area contributed by atoms with Crippen LogP contribution in [0.3, 0.4) is 0 Å². The van der Waals surface area contributed by atoms with Crippen LogP contribution >= 0.6 is 11.3 Å². The molecule has 27 heavy (non-hydrogen) atoms. The van der Waals surface area contributed by atoms with E-state index in [1.165, 1.54) is 0 Å². The molecular formula is C21H24N4OS. The summed E-state index contributed by atoms with van der Waals surface area (Å²) in [6.07, 6.45) is 5.85. The van der Waals surface area contributed by atoms with Crippen molar-refractivity contribution in [2.45, 2.75) is 45.2 Å². The van der Waals surface area contributed by atoms with Crippen LogP contribution in [0.4, 0.5) is 0 Å². The van der Waals surface area contributed by atoms with Crippen molar-refractivity contribution in [2.24, 2.45) is 0 Å². The van der Waals surface area contributed by atoms with Crippen LogP contribution in [-0.2, 0) is 6.54 Å². The normalized spacial score (nSPS) is 14.0. The van der Waals surface area contributed by atoms with Crippen molar-refractivity contribution >= 4 is 28.3 Å². The molecule has 5 nitrogen and oxygen atoms in total. The lowest BCUT2D eigenvalue weighted by atomic mass is 10.1. The van der Waals surface area contributed by atoms with Crippen LogP contribution in [0.25, 0.3) is 11.0 Å². The predicted octanol–water partition coefficient (Wildman–Crippen LogP) is 4.78. The van der Waals surface area contributed by atoms with Crippen LogP contribution in [0.2, 0.25) is 0 Å². The molecule has 1 saturated carbocycles. The van der Waals surface area contributed by atoms with Crippen molar-refractivity contribution in [3.05, 3.63) is 58.6 Å². The fourth-order valence-corrected chi connectivity index (χ4v) is 4.04. The van der Waals surface area contributed by atoms with Gasteiger partial charge in [0.2, 0.25) is 0 Å². The van der Waals surface area contributed by atoms with Gasteiger partial charge in [-0.05, 0) is 44.2 Å². The molecule has 0 radical (unpaired) electrons. The largest absolute Gasteiger partial charge is 0.330 e. The summed E-state index contributed by atoms with van der Waals surface area (Å²) in [4.78, 5) is 21.3. The Hall–Kier alpha value is -2.47. The summed E-state index contributed by atoms with van der Waals surface area (Å²) in [7, 11) is 0. The van der Waals surface area contributed by atoms with Crippen LogP contribution < -0.4 is 0 Å². The number of fused-ring (bicyclic) bond motifs is 1. The molecule has 0 unspecified atom stereocenters. The molecule has 0 spiro atoms. The molecule has 0 N–H and O–H groups in total. The van der Waals surface area contributed by atoms with Gasteiger partial charge in [-0.1, -0.05) is 12.1 Å². The standard InChI is InChI=1S/C21H24N4OS/c1-4-9-24(13-16-6-5-10-27-16)21(26)17-11-19(15-7-8-15)23-20-18(17)12-22-25(20)14(2)3/h4-6,10-12,14-15H,1,7-9,13H2,2-3H3. The Morgan fingerprint density at radius 1 is 1.48 bits per heavy atom. The van der Waals surface area contributed by atoms with Crippen molar-refractivity contribution in [1.82, 2.24) is 19.7 Å². The molecular weight excluding hydrogens is 356 g/mol. The van der Waals surface area contributed by atoms with Crippen LogP contribution in [0.15, 0.2) is 42.4 Å². The molecule has 0 aliphatic heterocycles. The second-order valence-corrected chi connectivity index (χ2v) is 8.38. The molecule has 1 aliphatic carbocycles. The number of aromatic nitrogens is 3. The first-order chi connectivity index (χ1) is 13.1. The van der Waals surface area contributed by atoms with E-state index in [4.69, 9.17) is 4.98 Å². The maximum Gasteiger partial charge on any atom is 0.255 e. The average molecular weight is 381 g/mol. The highest BCUT2D eigenvalue weighted by molar-refractivity contribution is 7.09. The molecule has 0 bridgehead atoms. The first kappa shape index (κ1) is 17.9. The molecule has 6 heteroatoms. The molecule has 3 heterocycles. The first-order valence-electron chi connectivity index (χ1n) is 9.39. The number of carbonyl (C=O) groups is 1. The van der Waals surface area contributed by atoms with E-state index in [9.17, 15) is 4.79 Å². The Labute approximate surface area is 163 Å². The van der Waals surface area contributed by atoms with E-state index in [-0.39, 0.29) is 11.9 Å². The Bertz CT molecular complexity index is 970. The Balaban J connectivity index is 1.78. The minimum absolute atomic E-state index is 0.0147. The summed E-state index contributed by atoms with van der Waals surface area (Å²) in [5, 5.41) is 7.37. The Kier molecular flexibility index (Phi) is 4.83. The quantitative estimate of drug-likeness (QED) is 0.554. The highest BCUT2D eigenvalue weighted by Gasteiger charge is 2.29. The zero-order valence-electron chi connectivity index (χ0n) is 15.8. The number of hydrogen-bond acceptors (Lipinski definition) is 4. The van der Waals surface area contributed by atoms with Gasteiger partial charge in [0.1, 0.15) is 0 Å². The third-order valence-electron chi connectivity index (χ3n) is 4.87. The number of rotatable bonds is 7. The molecule has 1 fully saturated rings. The van der Waals surface area contributed by atoms with Gasteiger partial charge in [0.05, 0.1) is 23.7 Å². The van der Waals surface area contributed by atoms with Gasteiger partial charge in [0, 0.05) is 29.1 Å². The second-order valence-electron chi connectivity index (χ2n) is 7.34. The van der Waals surface area contributed by atoms with E-state index in [0.717, 1.165) is 34.4 Å². The van der Waals surface area contributed by atoms with Crippen molar-refractivity contribution in [3.63, 3.8) is 0 Å². The topological polar surface area (TPSA) is 51.0 Å². The van der Waals surface area contributed by atoms with Gasteiger partial charge in [0.25, 0.3) is 5.91 Å². The fourth-order valence-electron chi connectivity index (χ4n) is 3.32. The van der Waals surface area contributed by atoms with Gasteiger partial charge in [-0.15, -0.1) is 17.9 Å². The number of carbonyl (C=O) groups excluding carboxylic acids is 1. The molecule has 1 aliphatic rings. The summed E-state index contributed by atoms with van der Waals surface area (Å²) >= 11 is 1.66. The van der Waals surface area contributed by atoms with Crippen LogP contribution in [0.1, 0.15) is 59.6 Å². The maximum atomic E-state index is 13.5. The molecule has 3 aromatic heterocycles. The SMILES string of the molecule is C=CCN(Cc1cccs1)C(=O)c1cc(C2CC2)nc2c1cnn2C(C)C. The zero-order valence-corrected chi connectivity index (χ0v) is 16.6. The minimum Gasteiger partial charge on any atom is -0.330 e. The van der Waals surface area contributed by atoms with Gasteiger partial charge in [-0.25, -0.2) is 9.67 Å². The van der Waals surface area contributed by atoms with E-state index in [1.54, 1.807) is 23.6 Å². The first-order valence-corrected chi connectivity index (χ1v) is 10.3. The summed E-state index contributed by atoms with van der Waals surface area (Å²) in [5.41, 5.74) is 2.53. The van der Waals surface area contributed by atoms with Gasteiger partial charge < -0.3 is 4.90 Å². The lowest BCUT2D eigenvalue weighted by molar-refractivity contribution is 0.0766. The molecule has 0 aromatic carbocycles. The molecule has 0 atom stereocenters. The number of thiophene rings is 1. The zero-order chi connectivity index (χ0) is 19.0. The molecule has 0 saturated heterocycles. The highest BCUT2D eigenvalue weighted by atomic mass is 32.1. The third-order valence-corrected chi connectivity index (χ3v) is 5.73. The van der Waals surface area contributed by atoms with E-state index in [0.29, 0.717) is 24.6 Å². The van der Waals surface area contributed by atoms with Crippen LogP contribution in [0.5, 0.6) is 0 Å². The van der Waals surface area contributed by atoms with E-state index < -0.39 is 0 Å². The Morgan fingerprint density at radius 2 is 2.30 bits per heavy atom. The average Bonchev–Trinajstić information content (AvgIpc) is 3.20. The maximum absolute atomic E-state index is 13.5. The van der Waals surface area contributed by atoms with Crippen molar-refractivity contribution < 1.29 is 4.79 Å². The number of pyridine rings is 1. The molecule has 1 amide bonds. The van der Waals surface area contributed by atoms with Gasteiger partial charge in [-0.2, -0.15) is 5.10 Å². The molecule has 140 valence electrons. The van der Waals surface area contributed by atoms with Crippen LogP contribution in [-0.4, -0.2) is 32.1 Å². The lowest BCUT2D eigenvalue weighted by Gasteiger charge is -2.21. The van der Waals surface area contributed by atoms with E-state index in [1.807, 2.05) is 27.1 Å². The minimum atomic E-state index is 0.0147. The third kappa shape index (κ3) is 3.54. The lowest BCUT2D eigenvalue weighted by Crippen LogP contribution is -2.30. The van der Waals surface area contributed by atoms with E-state index >= 15 is 0 Å². The highest BCUT2D eigenvalue weighted by Crippen LogP contribution is 2.40. The van der Waals surface area contributed by atoms with Gasteiger partial charge in [0.15, 0.2) is 5.65 Å². The Morgan fingerprint density at radius 3 is 2.93 bits per heavy atom. The van der Waals surface area contributed by atoms with Crippen molar-refractivity contribution in [3.8, 4) is 0 Å². The fraction of sp³-hybridized carbons (Fsp3) is 0.381. The number of amides is 1. The van der Waals surface area contributed by atoms with Gasteiger partial charge in [-0.3, -0.25) is 4.79 Å². The van der Waals surface area contributed by atoms with Crippen molar-refractivity contribution in [1.29, 1.82) is 0 Å². The molecule has 4 rings (SSSR count). The number of nitrogens with zero attached hydrogens (tertiary/aromatic N) is 4. The van der Waals surface area contributed by atoms with E-state index in [2.05, 4.69) is 31.6 Å². The summed E-state index contributed by atoms with van der Waals surface area (Å²) in [5.74, 6) is 0.488. The smallest absolute Gasteiger partial charge is 0.255 e. The van der Waals surface area contributed by atoms with Crippen molar-refractivity contribution in [2.75, 3.05) is 6.54 Å². The second kappa shape index (κ2) is 7.27. The monoisotopic (exact) mass is 380 g/mol. The number of hydrogen-bond donors (Lipinski definition) is 0. The van der Waals surface area contributed by atoms with Crippen LogP contribution in [0, 0.1) is 0 Å². The predicted molar refractivity (Wildman–Crippen MR) is 109 cm³/mol.